The maximum Gasteiger partial charge on any atom is 0.233 e. The zero-order valence-electron chi connectivity index (χ0n) is 11.3. The van der Waals surface area contributed by atoms with Crippen LogP contribution in [-0.4, -0.2) is 29.2 Å². The van der Waals surface area contributed by atoms with Crippen LogP contribution in [0.3, 0.4) is 0 Å². The number of carboxylic acids is 1. The number of allylic oxidation sites excluding steroid dienone is 2. The Bertz CT molecular complexity index is 454. The molecule has 5 heteroatoms. The molecule has 5 nitrogen and oxygen atoms in total. The second-order valence-corrected chi connectivity index (χ2v) is 6.01. The van der Waals surface area contributed by atoms with Crippen LogP contribution in [0.1, 0.15) is 32.1 Å². The van der Waals surface area contributed by atoms with Crippen LogP contribution in [0.25, 0.3) is 0 Å². The van der Waals surface area contributed by atoms with Gasteiger partial charge in [-0.25, -0.2) is 0 Å². The number of carboxylic acid groups (broad SMARTS) is 1. The van der Waals surface area contributed by atoms with E-state index in [0.29, 0.717) is 25.8 Å². The fourth-order valence-electron chi connectivity index (χ4n) is 3.90. The van der Waals surface area contributed by atoms with Gasteiger partial charge in [-0.2, -0.15) is 0 Å². The molecule has 2 aliphatic carbocycles. The van der Waals surface area contributed by atoms with Gasteiger partial charge in [0.25, 0.3) is 0 Å². The largest absolute Gasteiger partial charge is 0.550 e. The van der Waals surface area contributed by atoms with Gasteiger partial charge in [-0.15, -0.1) is 0 Å². The highest BCUT2D eigenvalue weighted by Gasteiger charge is 2.58. The van der Waals surface area contributed by atoms with Gasteiger partial charge in [-0.1, -0.05) is 18.6 Å². The van der Waals surface area contributed by atoms with E-state index >= 15 is 0 Å². The Labute approximate surface area is 117 Å². The van der Waals surface area contributed by atoms with Crippen molar-refractivity contribution in [3.63, 3.8) is 0 Å². The van der Waals surface area contributed by atoms with Crippen LogP contribution >= 0.6 is 0 Å². The maximum absolute atomic E-state index is 12.3. The molecule has 2 fully saturated rings. The van der Waals surface area contributed by atoms with Crippen molar-refractivity contribution in [2.24, 2.45) is 23.7 Å². The molecule has 1 saturated heterocycles. The first-order valence-corrected chi connectivity index (χ1v) is 7.33. The van der Waals surface area contributed by atoms with E-state index in [1.165, 1.54) is 4.90 Å². The van der Waals surface area contributed by atoms with Gasteiger partial charge in [0.05, 0.1) is 11.8 Å². The van der Waals surface area contributed by atoms with E-state index in [0.717, 1.165) is 6.42 Å². The monoisotopic (exact) mass is 276 g/mol. The first-order chi connectivity index (χ1) is 9.59. The van der Waals surface area contributed by atoms with Crippen LogP contribution in [0.4, 0.5) is 0 Å². The predicted molar refractivity (Wildman–Crippen MR) is 67.9 cm³/mol. The molecule has 0 radical (unpaired) electrons. The average Bonchev–Trinajstić information content (AvgIpc) is 3.06. The first kappa shape index (κ1) is 13.3. The van der Waals surface area contributed by atoms with Crippen molar-refractivity contribution < 1.29 is 19.5 Å². The minimum absolute atomic E-state index is 0.0169. The molecule has 0 aromatic heterocycles. The van der Waals surface area contributed by atoms with Gasteiger partial charge in [0, 0.05) is 12.5 Å². The summed E-state index contributed by atoms with van der Waals surface area (Å²) in [6.45, 7) is 0.428. The number of unbranched alkanes of at least 4 members (excludes halogenated alkanes) is 2. The highest BCUT2D eigenvalue weighted by atomic mass is 16.4. The van der Waals surface area contributed by atoms with Gasteiger partial charge in [0.15, 0.2) is 0 Å². The summed E-state index contributed by atoms with van der Waals surface area (Å²) in [7, 11) is 0. The Balaban J connectivity index is 1.53. The van der Waals surface area contributed by atoms with Gasteiger partial charge < -0.3 is 9.90 Å². The molecule has 1 saturated carbocycles. The molecule has 1 heterocycles. The number of hydrogen-bond donors (Lipinski definition) is 0. The Hall–Kier alpha value is -1.65. The molecule has 1 aliphatic heterocycles. The van der Waals surface area contributed by atoms with E-state index in [-0.39, 0.29) is 41.9 Å². The standard InChI is InChI=1S/C15H19NO4/c17-11(18)4-2-1-3-7-16-14(19)12-9-5-6-10(8-9)13(12)15(16)20/h5-6,9-10,12-13H,1-4,7-8H2,(H,17,18)/p-1. The summed E-state index contributed by atoms with van der Waals surface area (Å²) in [5.74, 6) is -0.820. The second kappa shape index (κ2) is 5.04. The quantitative estimate of drug-likeness (QED) is 0.392. The molecule has 2 bridgehead atoms. The van der Waals surface area contributed by atoms with Crippen LogP contribution in [0.2, 0.25) is 0 Å². The third-order valence-electron chi connectivity index (χ3n) is 4.82. The fraction of sp³-hybridized carbons (Fsp3) is 0.667. The number of carbonyl (C=O) groups is 3. The number of rotatable bonds is 6. The number of carbonyl (C=O) groups excluding carboxylic acids is 3. The number of likely N-dealkylation sites (tertiary alicyclic amines) is 1. The van der Waals surface area contributed by atoms with E-state index < -0.39 is 5.97 Å². The van der Waals surface area contributed by atoms with Gasteiger partial charge in [-0.3, -0.25) is 14.5 Å². The van der Waals surface area contributed by atoms with Crippen LogP contribution in [-0.2, 0) is 14.4 Å². The zero-order valence-corrected chi connectivity index (χ0v) is 11.3. The first-order valence-electron chi connectivity index (χ1n) is 7.33. The Kier molecular flexibility index (Phi) is 3.36. The Morgan fingerprint density at radius 1 is 1.10 bits per heavy atom. The number of fused-ring (bicyclic) bond motifs is 5. The highest BCUT2D eigenvalue weighted by molar-refractivity contribution is 6.06. The van der Waals surface area contributed by atoms with E-state index in [4.69, 9.17) is 0 Å². The molecule has 4 unspecified atom stereocenters. The molecule has 3 rings (SSSR count). The smallest absolute Gasteiger partial charge is 0.233 e. The van der Waals surface area contributed by atoms with E-state index in [9.17, 15) is 19.5 Å². The van der Waals surface area contributed by atoms with Crippen LogP contribution in [0.5, 0.6) is 0 Å². The Morgan fingerprint density at radius 2 is 1.70 bits per heavy atom. The van der Waals surface area contributed by atoms with Gasteiger partial charge in [-0.05, 0) is 37.5 Å². The van der Waals surface area contributed by atoms with Crippen molar-refractivity contribution >= 4 is 17.8 Å². The summed E-state index contributed by atoms with van der Waals surface area (Å²) >= 11 is 0. The van der Waals surface area contributed by atoms with Gasteiger partial charge in [0.2, 0.25) is 11.8 Å². The third-order valence-corrected chi connectivity index (χ3v) is 4.82. The summed E-state index contributed by atoms with van der Waals surface area (Å²) in [5, 5.41) is 10.3. The van der Waals surface area contributed by atoms with Gasteiger partial charge in [0.1, 0.15) is 0 Å². The van der Waals surface area contributed by atoms with Crippen molar-refractivity contribution in [3.05, 3.63) is 12.2 Å². The summed E-state index contributed by atoms with van der Waals surface area (Å²) in [6.07, 6.45) is 7.07. The molecule has 0 aromatic carbocycles. The maximum atomic E-state index is 12.3. The van der Waals surface area contributed by atoms with Crippen molar-refractivity contribution in [2.75, 3.05) is 6.54 Å². The molecule has 3 aliphatic rings. The lowest BCUT2D eigenvalue weighted by Crippen LogP contribution is -2.33. The molecule has 2 amide bonds. The molecule has 20 heavy (non-hydrogen) atoms. The summed E-state index contributed by atoms with van der Waals surface area (Å²) in [5.41, 5.74) is 0. The topological polar surface area (TPSA) is 77.5 Å². The fourth-order valence-corrected chi connectivity index (χ4v) is 3.90. The summed E-state index contributed by atoms with van der Waals surface area (Å²) in [4.78, 5) is 36.4. The molecular weight excluding hydrogens is 258 g/mol. The van der Waals surface area contributed by atoms with Crippen molar-refractivity contribution in [3.8, 4) is 0 Å². The minimum Gasteiger partial charge on any atom is -0.550 e. The van der Waals surface area contributed by atoms with E-state index in [1.54, 1.807) is 0 Å². The molecular formula is C15H18NO4-. The number of aliphatic carboxylic acids is 1. The van der Waals surface area contributed by atoms with Crippen LogP contribution in [0, 0.1) is 23.7 Å². The number of imide groups is 1. The molecule has 4 atom stereocenters. The lowest BCUT2D eigenvalue weighted by molar-refractivity contribution is -0.305. The number of nitrogens with zero attached hydrogens (tertiary/aromatic N) is 1. The van der Waals surface area contributed by atoms with Crippen molar-refractivity contribution in [1.82, 2.24) is 4.90 Å². The number of amides is 2. The molecule has 108 valence electrons. The lowest BCUT2D eigenvalue weighted by Gasteiger charge is -2.17. The summed E-state index contributed by atoms with van der Waals surface area (Å²) in [6, 6.07) is 0. The van der Waals surface area contributed by atoms with E-state index in [1.807, 2.05) is 0 Å². The van der Waals surface area contributed by atoms with Gasteiger partial charge >= 0.3 is 0 Å². The molecule has 0 N–H and O–H groups in total. The van der Waals surface area contributed by atoms with E-state index in [2.05, 4.69) is 12.2 Å². The minimum atomic E-state index is -1.05. The second-order valence-electron chi connectivity index (χ2n) is 6.01. The van der Waals surface area contributed by atoms with Crippen LogP contribution < -0.4 is 5.11 Å². The van der Waals surface area contributed by atoms with Crippen molar-refractivity contribution in [2.45, 2.75) is 32.1 Å². The molecule has 0 aromatic rings. The third kappa shape index (κ3) is 2.05. The average molecular weight is 276 g/mol. The Morgan fingerprint density at radius 3 is 2.25 bits per heavy atom. The summed E-state index contributed by atoms with van der Waals surface area (Å²) < 4.78 is 0. The number of hydrogen-bond acceptors (Lipinski definition) is 4. The molecule has 0 spiro atoms. The van der Waals surface area contributed by atoms with Crippen LogP contribution in [0.15, 0.2) is 12.2 Å². The normalized spacial score (nSPS) is 34.1. The van der Waals surface area contributed by atoms with Crippen molar-refractivity contribution in [1.29, 1.82) is 0 Å². The SMILES string of the molecule is O=C([O-])CCCCCN1C(=O)C2C3C=CC(C3)C2C1=O. The lowest BCUT2D eigenvalue weighted by atomic mass is 9.85. The predicted octanol–water partition coefficient (Wildman–Crippen LogP) is 0.104. The highest BCUT2D eigenvalue weighted by Crippen LogP contribution is 2.52. The zero-order chi connectivity index (χ0) is 14.3.